The Hall–Kier alpha value is -1.85. The summed E-state index contributed by atoms with van der Waals surface area (Å²) in [5, 5.41) is 7.16. The second kappa shape index (κ2) is 8.26. The normalized spacial score (nSPS) is 16.5. The molecule has 2 aromatic rings. The minimum Gasteiger partial charge on any atom is -0.359 e. The van der Waals surface area contributed by atoms with E-state index in [1.165, 1.54) is 21.9 Å². The molecule has 0 aromatic carbocycles. The molecular weight excluding hydrogens is 403 g/mol. The van der Waals surface area contributed by atoms with Crippen LogP contribution in [0.2, 0.25) is 0 Å². The molecule has 0 amide bonds. The third-order valence-corrected chi connectivity index (χ3v) is 6.82. The SMILES string of the molecule is Cc1nc(NC(C)C)sc1-c1nc(NC2CCN(S(C)(=O)=O)CC2)ncc1F. The number of anilines is 2. The lowest BCUT2D eigenvalue weighted by molar-refractivity contribution is 0.331. The fourth-order valence-electron chi connectivity index (χ4n) is 3.04. The number of aromatic nitrogens is 3. The summed E-state index contributed by atoms with van der Waals surface area (Å²) >= 11 is 1.36. The zero-order valence-electron chi connectivity index (χ0n) is 16.4. The van der Waals surface area contributed by atoms with Gasteiger partial charge in [0.2, 0.25) is 16.0 Å². The molecule has 1 aliphatic rings. The fraction of sp³-hybridized carbons (Fsp3) is 0.588. The Morgan fingerprint density at radius 3 is 2.57 bits per heavy atom. The van der Waals surface area contributed by atoms with Crippen molar-refractivity contribution in [3.63, 3.8) is 0 Å². The molecule has 2 N–H and O–H groups in total. The highest BCUT2D eigenvalue weighted by molar-refractivity contribution is 7.88. The zero-order chi connectivity index (χ0) is 20.5. The van der Waals surface area contributed by atoms with Crippen molar-refractivity contribution in [3.8, 4) is 10.6 Å². The molecule has 11 heteroatoms. The molecule has 28 heavy (non-hydrogen) atoms. The van der Waals surface area contributed by atoms with E-state index in [1.54, 1.807) is 0 Å². The molecule has 0 unspecified atom stereocenters. The van der Waals surface area contributed by atoms with Crippen molar-refractivity contribution in [1.82, 2.24) is 19.3 Å². The summed E-state index contributed by atoms with van der Waals surface area (Å²) in [4.78, 5) is 13.5. The van der Waals surface area contributed by atoms with E-state index in [9.17, 15) is 12.8 Å². The van der Waals surface area contributed by atoms with Crippen LogP contribution in [0.15, 0.2) is 6.20 Å². The Morgan fingerprint density at radius 2 is 1.96 bits per heavy atom. The Bertz CT molecular complexity index is 939. The molecule has 1 fully saturated rings. The van der Waals surface area contributed by atoms with Gasteiger partial charge < -0.3 is 10.6 Å². The van der Waals surface area contributed by atoms with Gasteiger partial charge in [-0.3, -0.25) is 0 Å². The largest absolute Gasteiger partial charge is 0.359 e. The van der Waals surface area contributed by atoms with Crippen LogP contribution in [0.25, 0.3) is 10.6 Å². The molecule has 0 atom stereocenters. The second-order valence-electron chi connectivity index (χ2n) is 7.20. The fourth-order valence-corrected chi connectivity index (χ4v) is 5.01. The molecule has 2 aromatic heterocycles. The van der Waals surface area contributed by atoms with E-state index in [1.807, 2.05) is 20.8 Å². The number of sulfonamides is 1. The predicted octanol–water partition coefficient (Wildman–Crippen LogP) is 2.70. The molecule has 3 heterocycles. The standard InChI is InChI=1S/C17H25FN6O2S2/c1-10(2)20-17-21-11(3)15(27-17)14-13(18)9-19-16(23-14)22-12-5-7-24(8-6-12)28(4,25)26/h9-10,12H,5-8H2,1-4H3,(H,20,21)(H,19,22,23). The van der Waals surface area contributed by atoms with Gasteiger partial charge in [0.15, 0.2) is 10.9 Å². The third-order valence-electron chi connectivity index (χ3n) is 4.42. The number of hydrogen-bond donors (Lipinski definition) is 2. The quantitative estimate of drug-likeness (QED) is 0.730. The summed E-state index contributed by atoms with van der Waals surface area (Å²) in [5.74, 6) is -0.166. The van der Waals surface area contributed by atoms with Crippen LogP contribution in [0.4, 0.5) is 15.5 Å². The minimum atomic E-state index is -3.17. The van der Waals surface area contributed by atoms with E-state index >= 15 is 0 Å². The van der Waals surface area contributed by atoms with Gasteiger partial charge in [0.25, 0.3) is 0 Å². The van der Waals surface area contributed by atoms with E-state index in [2.05, 4.69) is 25.6 Å². The van der Waals surface area contributed by atoms with Crippen molar-refractivity contribution in [2.24, 2.45) is 0 Å². The maximum absolute atomic E-state index is 14.4. The summed E-state index contributed by atoms with van der Waals surface area (Å²) in [7, 11) is -3.17. The first-order valence-corrected chi connectivity index (χ1v) is 11.8. The third kappa shape index (κ3) is 4.95. The number of aryl methyl sites for hydroxylation is 1. The van der Waals surface area contributed by atoms with E-state index in [0.717, 1.165) is 11.3 Å². The van der Waals surface area contributed by atoms with Crippen molar-refractivity contribution < 1.29 is 12.8 Å². The molecule has 3 rings (SSSR count). The van der Waals surface area contributed by atoms with Crippen LogP contribution < -0.4 is 10.6 Å². The molecule has 0 spiro atoms. The monoisotopic (exact) mass is 428 g/mol. The summed E-state index contributed by atoms with van der Waals surface area (Å²) in [6.45, 7) is 6.75. The molecule has 0 bridgehead atoms. The predicted molar refractivity (Wildman–Crippen MR) is 110 cm³/mol. The van der Waals surface area contributed by atoms with Gasteiger partial charge in [0, 0.05) is 25.2 Å². The number of rotatable bonds is 6. The Balaban J connectivity index is 1.75. The number of piperidine rings is 1. The van der Waals surface area contributed by atoms with Gasteiger partial charge in [0.05, 0.1) is 23.0 Å². The smallest absolute Gasteiger partial charge is 0.223 e. The Kier molecular flexibility index (Phi) is 6.15. The average Bonchev–Trinajstić information content (AvgIpc) is 2.95. The first-order chi connectivity index (χ1) is 13.1. The molecule has 0 aliphatic carbocycles. The van der Waals surface area contributed by atoms with E-state index in [4.69, 9.17) is 0 Å². The van der Waals surface area contributed by atoms with Crippen LogP contribution in [0.5, 0.6) is 0 Å². The molecule has 8 nitrogen and oxygen atoms in total. The molecule has 0 radical (unpaired) electrons. The van der Waals surface area contributed by atoms with Crippen molar-refractivity contribution in [2.45, 2.75) is 45.7 Å². The van der Waals surface area contributed by atoms with Crippen LogP contribution in [0, 0.1) is 12.7 Å². The van der Waals surface area contributed by atoms with Crippen molar-refractivity contribution in [1.29, 1.82) is 0 Å². The first kappa shape index (κ1) is 20.9. The van der Waals surface area contributed by atoms with Gasteiger partial charge in [0.1, 0.15) is 5.69 Å². The van der Waals surface area contributed by atoms with Gasteiger partial charge in [-0.2, -0.15) is 0 Å². The molecule has 1 aliphatic heterocycles. The topological polar surface area (TPSA) is 100 Å². The maximum Gasteiger partial charge on any atom is 0.223 e. The molecule has 1 saturated heterocycles. The van der Waals surface area contributed by atoms with Gasteiger partial charge in [-0.05, 0) is 33.6 Å². The van der Waals surface area contributed by atoms with Gasteiger partial charge >= 0.3 is 0 Å². The zero-order valence-corrected chi connectivity index (χ0v) is 18.0. The Labute approximate surface area is 168 Å². The number of halogens is 1. The van der Waals surface area contributed by atoms with Crippen LogP contribution in [-0.2, 0) is 10.0 Å². The van der Waals surface area contributed by atoms with Gasteiger partial charge in [-0.25, -0.2) is 32.1 Å². The summed E-state index contributed by atoms with van der Waals surface area (Å²) in [6.07, 6.45) is 3.66. The first-order valence-electron chi connectivity index (χ1n) is 9.12. The van der Waals surface area contributed by atoms with Crippen LogP contribution in [-0.4, -0.2) is 59.1 Å². The van der Waals surface area contributed by atoms with Crippen LogP contribution >= 0.6 is 11.3 Å². The number of nitrogens with one attached hydrogen (secondary N) is 2. The van der Waals surface area contributed by atoms with Crippen LogP contribution in [0.3, 0.4) is 0 Å². The maximum atomic E-state index is 14.4. The summed E-state index contributed by atoms with van der Waals surface area (Å²) in [6, 6.07) is 0.265. The minimum absolute atomic E-state index is 0.0389. The number of hydrogen-bond acceptors (Lipinski definition) is 8. The number of nitrogens with zero attached hydrogens (tertiary/aromatic N) is 4. The lowest BCUT2D eigenvalue weighted by atomic mass is 10.1. The molecule has 0 saturated carbocycles. The van der Waals surface area contributed by atoms with E-state index in [0.29, 0.717) is 42.5 Å². The molecule has 154 valence electrons. The Morgan fingerprint density at radius 1 is 1.29 bits per heavy atom. The summed E-state index contributed by atoms with van der Waals surface area (Å²) < 4.78 is 39.1. The lowest BCUT2D eigenvalue weighted by Crippen LogP contribution is -2.42. The van der Waals surface area contributed by atoms with Gasteiger partial charge in [-0.1, -0.05) is 11.3 Å². The van der Waals surface area contributed by atoms with Crippen molar-refractivity contribution >= 4 is 32.4 Å². The van der Waals surface area contributed by atoms with E-state index < -0.39 is 15.8 Å². The average molecular weight is 429 g/mol. The van der Waals surface area contributed by atoms with E-state index in [-0.39, 0.29) is 17.8 Å². The lowest BCUT2D eigenvalue weighted by Gasteiger charge is -2.30. The van der Waals surface area contributed by atoms with Crippen molar-refractivity contribution in [3.05, 3.63) is 17.7 Å². The highest BCUT2D eigenvalue weighted by atomic mass is 32.2. The second-order valence-corrected chi connectivity index (χ2v) is 10.2. The number of thiazole rings is 1. The molecular formula is C17H25FN6O2S2. The highest BCUT2D eigenvalue weighted by Crippen LogP contribution is 2.33. The highest BCUT2D eigenvalue weighted by Gasteiger charge is 2.25. The van der Waals surface area contributed by atoms with Gasteiger partial charge in [-0.15, -0.1) is 0 Å². The van der Waals surface area contributed by atoms with Crippen LogP contribution in [0.1, 0.15) is 32.4 Å². The van der Waals surface area contributed by atoms with Crippen molar-refractivity contribution in [2.75, 3.05) is 30.0 Å². The summed E-state index contributed by atoms with van der Waals surface area (Å²) in [5.41, 5.74) is 0.927.